The van der Waals surface area contributed by atoms with Crippen LogP contribution in [0.15, 0.2) is 89.1 Å². The van der Waals surface area contributed by atoms with Crippen LogP contribution in [0.5, 0.6) is 0 Å². The van der Waals surface area contributed by atoms with Gasteiger partial charge in [0.2, 0.25) is 5.78 Å². The van der Waals surface area contributed by atoms with Gasteiger partial charge in [0.15, 0.2) is 5.76 Å². The molecule has 0 unspecified atom stereocenters. The Morgan fingerprint density at radius 3 is 2.56 bits per heavy atom. The van der Waals surface area contributed by atoms with E-state index in [1.54, 1.807) is 18.4 Å². The number of benzene rings is 2. The molecule has 1 aromatic heterocycles. The number of fused-ring (bicyclic) bond motifs is 3. The molecule has 2 bridgehead atoms. The van der Waals surface area contributed by atoms with Crippen molar-refractivity contribution in [1.29, 1.82) is 0 Å². The van der Waals surface area contributed by atoms with Crippen molar-refractivity contribution in [2.75, 3.05) is 6.54 Å². The number of rotatable bonds is 4. The number of hydrogen-bond acceptors (Lipinski definition) is 5. The zero-order valence-corrected chi connectivity index (χ0v) is 26.1. The van der Waals surface area contributed by atoms with Gasteiger partial charge in [0, 0.05) is 28.4 Å². The van der Waals surface area contributed by atoms with Crippen molar-refractivity contribution in [3.63, 3.8) is 0 Å². The Balaban J connectivity index is 1.12. The minimum absolute atomic E-state index is 0.0398. The van der Waals surface area contributed by atoms with Crippen molar-refractivity contribution in [2.24, 2.45) is 33.5 Å². The van der Waals surface area contributed by atoms with Gasteiger partial charge in [-0.05, 0) is 90.7 Å². The SMILES string of the molecule is C[C@]12CC[C@H]3[C@]4(C=C[C@@]5(C=C4C(=O)c4ccco4)C[C@@H](O)CC[C@]35C)[C@@H]1CC[C@@]21CN(Cc2cccc3ccccc23)C(=O)O1. The third-order valence-corrected chi connectivity index (χ3v) is 13.9. The molecule has 1 amide bonds. The van der Waals surface area contributed by atoms with Gasteiger partial charge in [-0.2, -0.15) is 0 Å². The van der Waals surface area contributed by atoms with Crippen LogP contribution in [0.2, 0.25) is 0 Å². The first-order valence-corrected chi connectivity index (χ1v) is 16.8. The van der Waals surface area contributed by atoms with E-state index < -0.39 is 11.0 Å². The molecule has 6 aliphatic carbocycles. The lowest BCUT2D eigenvalue weighted by atomic mass is 9.32. The topological polar surface area (TPSA) is 80.0 Å². The smallest absolute Gasteiger partial charge is 0.410 e. The van der Waals surface area contributed by atoms with Gasteiger partial charge >= 0.3 is 6.09 Å². The largest absolute Gasteiger partial charge is 0.461 e. The minimum atomic E-state index is -0.610. The van der Waals surface area contributed by atoms with Crippen molar-refractivity contribution in [3.05, 3.63) is 96.0 Å². The van der Waals surface area contributed by atoms with E-state index in [0.717, 1.165) is 49.7 Å². The fourth-order valence-corrected chi connectivity index (χ4v) is 11.7. The number of carbonyl (C=O) groups excluding carboxylic acids is 2. The molecule has 3 aromatic rings. The summed E-state index contributed by atoms with van der Waals surface area (Å²) in [5, 5.41) is 13.2. The maximum atomic E-state index is 14.4. The lowest BCUT2D eigenvalue weighted by Crippen LogP contribution is -2.67. The zero-order chi connectivity index (χ0) is 30.8. The van der Waals surface area contributed by atoms with Gasteiger partial charge in [-0.1, -0.05) is 74.5 Å². The van der Waals surface area contributed by atoms with Crippen LogP contribution in [0.3, 0.4) is 0 Å². The Morgan fingerprint density at radius 2 is 1.71 bits per heavy atom. The predicted octanol–water partition coefficient (Wildman–Crippen LogP) is 7.87. The first-order chi connectivity index (χ1) is 21.6. The summed E-state index contributed by atoms with van der Waals surface area (Å²) < 4.78 is 12.3. The number of Topliss-reactive ketones (excluding diaryl/α,β-unsaturated/α-hetero) is 1. The van der Waals surface area contributed by atoms with Crippen LogP contribution in [0, 0.1) is 33.5 Å². The number of ether oxygens (including phenoxy) is 1. The maximum Gasteiger partial charge on any atom is 0.410 e. The number of amides is 1. The number of hydrogen-bond donors (Lipinski definition) is 1. The fraction of sp³-hybridized carbons (Fsp3) is 0.487. The molecule has 6 nitrogen and oxygen atoms in total. The summed E-state index contributed by atoms with van der Waals surface area (Å²) in [5.41, 5.74) is 0.161. The summed E-state index contributed by atoms with van der Waals surface area (Å²) in [6.45, 7) is 5.84. The molecular formula is C39H41NO5. The number of aliphatic hydroxyl groups excluding tert-OH is 1. The molecule has 45 heavy (non-hydrogen) atoms. The molecule has 0 radical (unpaired) electrons. The zero-order valence-electron chi connectivity index (χ0n) is 26.1. The quantitative estimate of drug-likeness (QED) is 0.243. The molecule has 3 spiro atoms. The van der Waals surface area contributed by atoms with Gasteiger partial charge in [0.25, 0.3) is 0 Å². The van der Waals surface area contributed by atoms with Crippen LogP contribution in [0.25, 0.3) is 10.8 Å². The van der Waals surface area contributed by atoms with Gasteiger partial charge in [-0.25, -0.2) is 4.79 Å². The average Bonchev–Trinajstić information content (AvgIpc) is 3.75. The number of furan rings is 1. The molecule has 2 aromatic carbocycles. The summed E-state index contributed by atoms with van der Waals surface area (Å²) in [6.07, 6.45) is 13.9. The standard InChI is InChI=1S/C39H41NO5/c1-35-15-12-27(41)21-37(35)18-19-39(29(22-37)33(42)30-11-6-20-44-30)31(35)13-16-36(2)32(39)14-17-38(36)24-40(34(43)45-38)23-26-9-5-8-25-7-3-4-10-28(25)26/h3-11,18-20,22,27,31-32,41H,12-17,21,23-24H2,1-2H3/t27-,31+,32+,35+,36-,37-,38+,39+/m0/s1. The first-order valence-electron chi connectivity index (χ1n) is 16.8. The van der Waals surface area contributed by atoms with E-state index in [4.69, 9.17) is 9.15 Å². The number of ketones is 1. The minimum Gasteiger partial charge on any atom is -0.461 e. The van der Waals surface area contributed by atoms with Crippen molar-refractivity contribution in [3.8, 4) is 0 Å². The average molecular weight is 604 g/mol. The van der Waals surface area contributed by atoms with Crippen LogP contribution >= 0.6 is 0 Å². The summed E-state index contributed by atoms with van der Waals surface area (Å²) in [6, 6.07) is 18.2. The third kappa shape index (κ3) is 3.34. The Kier molecular flexibility index (Phi) is 5.53. The molecular weight excluding hydrogens is 562 g/mol. The first kappa shape index (κ1) is 27.7. The maximum absolute atomic E-state index is 14.4. The molecule has 6 heteroatoms. The van der Waals surface area contributed by atoms with E-state index >= 15 is 0 Å². The predicted molar refractivity (Wildman–Crippen MR) is 170 cm³/mol. The summed E-state index contributed by atoms with van der Waals surface area (Å²) in [4.78, 5) is 30.1. The van der Waals surface area contributed by atoms with Crippen LogP contribution in [-0.4, -0.2) is 40.1 Å². The van der Waals surface area contributed by atoms with E-state index in [1.807, 2.05) is 11.0 Å². The number of aliphatic hydroxyl groups is 1. The number of allylic oxidation sites excluding steroid dienone is 4. The summed E-state index contributed by atoms with van der Waals surface area (Å²) in [7, 11) is 0. The Labute approximate surface area is 264 Å². The highest BCUT2D eigenvalue weighted by atomic mass is 16.6. The highest BCUT2D eigenvalue weighted by Gasteiger charge is 2.76. The monoisotopic (exact) mass is 603 g/mol. The molecule has 2 heterocycles. The second-order valence-electron chi connectivity index (χ2n) is 15.4. The van der Waals surface area contributed by atoms with E-state index in [2.05, 4.69) is 68.5 Å². The molecule has 1 aliphatic heterocycles. The second-order valence-corrected chi connectivity index (χ2v) is 15.4. The lowest BCUT2D eigenvalue weighted by Gasteiger charge is -2.71. The number of carbonyl (C=O) groups is 2. The van der Waals surface area contributed by atoms with Gasteiger partial charge in [-0.15, -0.1) is 0 Å². The van der Waals surface area contributed by atoms with E-state index in [0.29, 0.717) is 25.3 Å². The van der Waals surface area contributed by atoms with Crippen LogP contribution in [0.4, 0.5) is 4.79 Å². The van der Waals surface area contributed by atoms with Crippen molar-refractivity contribution >= 4 is 22.6 Å². The molecule has 4 fully saturated rings. The summed E-state index contributed by atoms with van der Waals surface area (Å²) in [5.74, 6) is 0.733. The normalized spacial score (nSPS) is 41.1. The van der Waals surface area contributed by atoms with Crippen molar-refractivity contribution in [2.45, 2.75) is 77.0 Å². The molecule has 3 saturated carbocycles. The number of nitrogens with zero attached hydrogens (tertiary/aromatic N) is 1. The molecule has 8 atom stereocenters. The van der Waals surface area contributed by atoms with Crippen LogP contribution in [0.1, 0.15) is 74.9 Å². The van der Waals surface area contributed by atoms with Crippen LogP contribution in [-0.2, 0) is 11.3 Å². The van der Waals surface area contributed by atoms with Gasteiger partial charge in [-0.3, -0.25) is 9.69 Å². The molecule has 7 aliphatic rings. The third-order valence-electron chi connectivity index (χ3n) is 13.9. The van der Waals surface area contributed by atoms with Crippen molar-refractivity contribution < 1.29 is 23.8 Å². The molecule has 1 N–H and O–H groups in total. The second kappa shape index (κ2) is 9.00. The Bertz CT molecular complexity index is 1800. The summed E-state index contributed by atoms with van der Waals surface area (Å²) >= 11 is 0. The highest BCUT2D eigenvalue weighted by molar-refractivity contribution is 6.08. The van der Waals surface area contributed by atoms with Gasteiger partial charge < -0.3 is 14.3 Å². The highest BCUT2D eigenvalue weighted by Crippen LogP contribution is 2.79. The molecule has 10 rings (SSSR count). The molecule has 232 valence electrons. The molecule has 1 saturated heterocycles. The Hall–Kier alpha value is -3.64. The van der Waals surface area contributed by atoms with Crippen LogP contribution < -0.4 is 0 Å². The van der Waals surface area contributed by atoms with E-state index in [9.17, 15) is 14.7 Å². The van der Waals surface area contributed by atoms with Gasteiger partial charge in [0.05, 0.1) is 18.9 Å². The van der Waals surface area contributed by atoms with Gasteiger partial charge in [0.1, 0.15) is 5.60 Å². The fourth-order valence-electron chi connectivity index (χ4n) is 11.7. The van der Waals surface area contributed by atoms with E-state index in [-0.39, 0.29) is 46.1 Å². The van der Waals surface area contributed by atoms with Crippen molar-refractivity contribution in [1.82, 2.24) is 4.90 Å². The Morgan fingerprint density at radius 1 is 0.933 bits per heavy atom. The lowest BCUT2D eigenvalue weighted by molar-refractivity contribution is -0.164. The van der Waals surface area contributed by atoms with E-state index in [1.165, 1.54) is 10.8 Å².